The summed E-state index contributed by atoms with van der Waals surface area (Å²) >= 11 is 0. The van der Waals surface area contributed by atoms with E-state index in [-0.39, 0.29) is 0 Å². The summed E-state index contributed by atoms with van der Waals surface area (Å²) in [5, 5.41) is 0. The Kier molecular flexibility index (Phi) is 3.29. The van der Waals surface area contributed by atoms with Gasteiger partial charge in [0.25, 0.3) is 0 Å². The van der Waals surface area contributed by atoms with E-state index in [9.17, 15) is 0 Å². The summed E-state index contributed by atoms with van der Waals surface area (Å²) in [4.78, 5) is 6.54. The van der Waals surface area contributed by atoms with Crippen molar-refractivity contribution in [1.82, 2.24) is 14.5 Å². The van der Waals surface area contributed by atoms with E-state index in [1.807, 2.05) is 17.9 Å². The lowest BCUT2D eigenvalue weighted by atomic mass is 10.4. The summed E-state index contributed by atoms with van der Waals surface area (Å²) in [6.45, 7) is 4.28. The molecule has 0 aliphatic carbocycles. The van der Waals surface area contributed by atoms with Crippen molar-refractivity contribution >= 4 is 0 Å². The molecule has 0 aromatic carbocycles. The Morgan fingerprint density at radius 2 is 2.33 bits per heavy atom. The van der Waals surface area contributed by atoms with Gasteiger partial charge < -0.3 is 9.47 Å². The van der Waals surface area contributed by atoms with E-state index in [0.29, 0.717) is 0 Å². The van der Waals surface area contributed by atoms with Crippen LogP contribution in [0, 0.1) is 0 Å². The van der Waals surface area contributed by atoms with Crippen LogP contribution in [0.15, 0.2) is 12.5 Å². The minimum absolute atomic E-state index is 0.953. The zero-order valence-corrected chi connectivity index (χ0v) is 8.12. The molecule has 1 heterocycles. The largest absolute Gasteiger partial charge is 0.340 e. The zero-order chi connectivity index (χ0) is 8.97. The van der Waals surface area contributed by atoms with Gasteiger partial charge in [0, 0.05) is 19.8 Å². The van der Waals surface area contributed by atoms with Crippen molar-refractivity contribution in [3.63, 3.8) is 0 Å². The van der Waals surface area contributed by atoms with Gasteiger partial charge in [-0.15, -0.1) is 0 Å². The van der Waals surface area contributed by atoms with E-state index in [1.165, 1.54) is 6.42 Å². The fraction of sp³-hybridized carbons (Fsp3) is 0.667. The Morgan fingerprint density at radius 3 is 2.83 bits per heavy atom. The molecule has 3 heteroatoms. The normalized spacial score (nSPS) is 11.0. The van der Waals surface area contributed by atoms with Crippen LogP contribution in [0.5, 0.6) is 0 Å². The Balaban J connectivity index is 2.41. The molecule has 12 heavy (non-hydrogen) atoms. The molecule has 1 aromatic rings. The summed E-state index contributed by atoms with van der Waals surface area (Å²) in [6.07, 6.45) is 5.10. The molecule has 0 bridgehead atoms. The zero-order valence-electron chi connectivity index (χ0n) is 8.12. The highest BCUT2D eigenvalue weighted by atomic mass is 15.1. The van der Waals surface area contributed by atoms with Crippen molar-refractivity contribution in [2.24, 2.45) is 7.05 Å². The van der Waals surface area contributed by atoms with Gasteiger partial charge in [-0.25, -0.2) is 4.98 Å². The third-order valence-corrected chi connectivity index (χ3v) is 1.80. The molecule has 0 aliphatic rings. The van der Waals surface area contributed by atoms with Crippen molar-refractivity contribution < 1.29 is 0 Å². The number of aryl methyl sites for hydroxylation is 1. The fourth-order valence-electron chi connectivity index (χ4n) is 1.29. The fourth-order valence-corrected chi connectivity index (χ4v) is 1.29. The molecule has 0 N–H and O–H groups in total. The summed E-state index contributed by atoms with van der Waals surface area (Å²) in [5.74, 6) is 0. The predicted molar refractivity (Wildman–Crippen MR) is 49.8 cm³/mol. The monoisotopic (exact) mass is 167 g/mol. The van der Waals surface area contributed by atoms with Gasteiger partial charge >= 0.3 is 0 Å². The van der Waals surface area contributed by atoms with Crippen molar-refractivity contribution in [1.29, 1.82) is 0 Å². The average Bonchev–Trinajstić information content (AvgIpc) is 2.36. The van der Waals surface area contributed by atoms with Crippen LogP contribution in [0.25, 0.3) is 0 Å². The van der Waals surface area contributed by atoms with Crippen LogP contribution in [0.2, 0.25) is 0 Å². The smallest absolute Gasteiger partial charge is 0.0947 e. The SMILES string of the molecule is CCCN(C)Cc1cn(C)cn1. The lowest BCUT2D eigenvalue weighted by Gasteiger charge is -2.12. The lowest BCUT2D eigenvalue weighted by molar-refractivity contribution is 0.324. The number of imidazole rings is 1. The third kappa shape index (κ3) is 2.66. The molecule has 1 aromatic heterocycles. The lowest BCUT2D eigenvalue weighted by Crippen LogP contribution is -2.18. The summed E-state index contributed by atoms with van der Waals surface area (Å²) in [5.41, 5.74) is 1.15. The van der Waals surface area contributed by atoms with Gasteiger partial charge in [-0.2, -0.15) is 0 Å². The van der Waals surface area contributed by atoms with E-state index < -0.39 is 0 Å². The summed E-state index contributed by atoms with van der Waals surface area (Å²) < 4.78 is 1.98. The topological polar surface area (TPSA) is 21.1 Å². The molecule has 0 fully saturated rings. The number of nitrogens with zero attached hydrogens (tertiary/aromatic N) is 3. The first kappa shape index (κ1) is 9.26. The first-order valence-corrected chi connectivity index (χ1v) is 4.37. The summed E-state index contributed by atoms with van der Waals surface area (Å²) in [6, 6.07) is 0. The van der Waals surface area contributed by atoms with Crippen LogP contribution in [-0.4, -0.2) is 28.0 Å². The Bertz CT molecular complexity index is 229. The molecule has 0 saturated carbocycles. The van der Waals surface area contributed by atoms with Gasteiger partial charge in [-0.05, 0) is 20.0 Å². The van der Waals surface area contributed by atoms with Gasteiger partial charge in [-0.3, -0.25) is 0 Å². The van der Waals surface area contributed by atoms with E-state index >= 15 is 0 Å². The van der Waals surface area contributed by atoms with Crippen molar-refractivity contribution in [3.05, 3.63) is 18.2 Å². The van der Waals surface area contributed by atoms with Crippen molar-refractivity contribution in [3.8, 4) is 0 Å². The highest BCUT2D eigenvalue weighted by Gasteiger charge is 2.00. The molecule has 68 valence electrons. The van der Waals surface area contributed by atoms with Crippen molar-refractivity contribution in [2.75, 3.05) is 13.6 Å². The standard InChI is InChI=1S/C9H17N3/c1-4-5-11(2)6-9-7-12(3)8-10-9/h7-8H,4-6H2,1-3H3. The predicted octanol–water partition coefficient (Wildman–Crippen LogP) is 1.26. The number of hydrogen-bond acceptors (Lipinski definition) is 2. The molecule has 0 amide bonds. The second kappa shape index (κ2) is 4.26. The Labute approximate surface area is 74.0 Å². The van der Waals surface area contributed by atoms with Gasteiger partial charge in [0.2, 0.25) is 0 Å². The third-order valence-electron chi connectivity index (χ3n) is 1.80. The molecule has 3 nitrogen and oxygen atoms in total. The number of hydrogen-bond donors (Lipinski definition) is 0. The van der Waals surface area contributed by atoms with Crippen LogP contribution >= 0.6 is 0 Å². The average molecular weight is 167 g/mol. The van der Waals surface area contributed by atoms with Gasteiger partial charge in [0.1, 0.15) is 0 Å². The molecular formula is C9H17N3. The molecule has 0 spiro atoms. The second-order valence-corrected chi connectivity index (χ2v) is 3.27. The van der Waals surface area contributed by atoms with Gasteiger partial charge in [0.05, 0.1) is 12.0 Å². The van der Waals surface area contributed by atoms with Crippen LogP contribution in [0.1, 0.15) is 19.0 Å². The highest BCUT2D eigenvalue weighted by molar-refractivity contribution is 4.95. The molecule has 0 unspecified atom stereocenters. The maximum Gasteiger partial charge on any atom is 0.0947 e. The van der Waals surface area contributed by atoms with Crippen LogP contribution in [0.3, 0.4) is 0 Å². The van der Waals surface area contributed by atoms with Gasteiger partial charge in [0.15, 0.2) is 0 Å². The molecular weight excluding hydrogens is 150 g/mol. The maximum absolute atomic E-state index is 4.26. The molecule has 1 rings (SSSR count). The maximum atomic E-state index is 4.26. The number of aromatic nitrogens is 2. The quantitative estimate of drug-likeness (QED) is 0.673. The van der Waals surface area contributed by atoms with E-state index in [1.54, 1.807) is 0 Å². The van der Waals surface area contributed by atoms with Crippen LogP contribution in [-0.2, 0) is 13.6 Å². The second-order valence-electron chi connectivity index (χ2n) is 3.27. The van der Waals surface area contributed by atoms with E-state index in [4.69, 9.17) is 0 Å². The minimum Gasteiger partial charge on any atom is -0.340 e. The van der Waals surface area contributed by atoms with Crippen molar-refractivity contribution in [2.45, 2.75) is 19.9 Å². The van der Waals surface area contributed by atoms with E-state index in [0.717, 1.165) is 18.8 Å². The van der Waals surface area contributed by atoms with Crippen LogP contribution < -0.4 is 0 Å². The molecule has 0 atom stereocenters. The molecule has 0 aliphatic heterocycles. The Morgan fingerprint density at radius 1 is 1.58 bits per heavy atom. The van der Waals surface area contributed by atoms with Gasteiger partial charge in [-0.1, -0.05) is 6.92 Å². The first-order chi connectivity index (χ1) is 5.72. The first-order valence-electron chi connectivity index (χ1n) is 4.37. The van der Waals surface area contributed by atoms with Crippen LogP contribution in [0.4, 0.5) is 0 Å². The number of rotatable bonds is 4. The van der Waals surface area contributed by atoms with E-state index in [2.05, 4.69) is 30.1 Å². The minimum atomic E-state index is 0.953. The Hall–Kier alpha value is -0.830. The summed E-state index contributed by atoms with van der Waals surface area (Å²) in [7, 11) is 4.12. The molecule has 0 saturated heterocycles. The highest BCUT2D eigenvalue weighted by Crippen LogP contribution is 1.99. The molecule has 0 radical (unpaired) electrons.